The molecule has 0 aromatic heterocycles. The summed E-state index contributed by atoms with van der Waals surface area (Å²) in [4.78, 5) is 69.4. The highest BCUT2D eigenvalue weighted by molar-refractivity contribution is 5.71. The highest BCUT2D eigenvalue weighted by Gasteiger charge is 2.29. The summed E-state index contributed by atoms with van der Waals surface area (Å²) < 4.78 is 31.8. The van der Waals surface area contributed by atoms with Crippen molar-refractivity contribution in [2.75, 3.05) is 80.8 Å². The summed E-state index contributed by atoms with van der Waals surface area (Å²) in [5.74, 6) is -2.02. The van der Waals surface area contributed by atoms with Gasteiger partial charge in [0.25, 0.3) is 0 Å². The number of ether oxygens (including phenoxy) is 6. The van der Waals surface area contributed by atoms with E-state index >= 15 is 0 Å². The van der Waals surface area contributed by atoms with E-state index in [1.165, 1.54) is 59.3 Å². The van der Waals surface area contributed by atoms with Crippen LogP contribution in [0.15, 0.2) is 24.3 Å². The number of halogens is 2. The van der Waals surface area contributed by atoms with Gasteiger partial charge < -0.3 is 72.4 Å². The molecule has 0 rings (SSSR count). The minimum absolute atomic E-state index is 0. The number of aliphatic hydroxyl groups excluding tert-OH is 2. The molecule has 0 aromatic rings. The number of likely N-dealkylation sites (N-methyl/N-ethyl adjacent to an activating group) is 2. The van der Waals surface area contributed by atoms with E-state index in [-0.39, 0.29) is 115 Å². The first-order valence-corrected chi connectivity index (χ1v) is 27.4. The first-order valence-electron chi connectivity index (χ1n) is 27.4. The Morgan fingerprint density at radius 3 is 1.14 bits per heavy atom. The zero-order valence-electron chi connectivity index (χ0n) is 47.7. The van der Waals surface area contributed by atoms with Crippen LogP contribution in [0.1, 0.15) is 210 Å². The minimum atomic E-state index is -0.762. The summed E-state index contributed by atoms with van der Waals surface area (Å²) in [6.45, 7) is 12.5. The number of rotatable bonds is 44. The Hall–Kier alpha value is -3.28. The zero-order chi connectivity index (χ0) is 54.5. The van der Waals surface area contributed by atoms with Gasteiger partial charge in [-0.05, 0) is 70.6 Å². The van der Waals surface area contributed by atoms with Crippen LogP contribution in [0, 0.1) is 0 Å². The lowest BCUT2D eigenvalue weighted by molar-refractivity contribution is -0.883. The number of hydrogen-bond acceptors (Lipinski definition) is 14. The average Bonchev–Trinajstić information content (AvgIpc) is 3.29. The van der Waals surface area contributed by atoms with Gasteiger partial charge in [0.1, 0.15) is 51.7 Å². The Morgan fingerprint density at radius 2 is 0.763 bits per heavy atom. The molecule has 0 saturated heterocycles. The number of aliphatic hydroxyl groups is 2. The highest BCUT2D eigenvalue weighted by atomic mass is 35.5. The summed E-state index contributed by atoms with van der Waals surface area (Å²) >= 11 is 0. The van der Waals surface area contributed by atoms with E-state index in [0.717, 1.165) is 83.5 Å². The number of carbonyl (C=O) groups excluding carboxylic acids is 6. The van der Waals surface area contributed by atoms with E-state index < -0.39 is 24.4 Å². The van der Waals surface area contributed by atoms with Gasteiger partial charge in [0.15, 0.2) is 13.1 Å². The van der Waals surface area contributed by atoms with Crippen LogP contribution in [0.25, 0.3) is 0 Å². The van der Waals surface area contributed by atoms with Crippen molar-refractivity contribution >= 4 is 35.8 Å². The number of unbranched alkanes of at least 4 members (excludes halogenated alkanes) is 15. The SMILES string of the molecule is C.C.CCCCCC(OC(=O)C[N+](C)(C)CCOC(C)=O)C(O)C/C=C\CCCCCCCC(=O)OCCOC(C)=O.CCCCCCCC/C=C\CC(O)C(CCCCC)OC(=O)C[N+](C)(C)CCOC(C)=O.[Cl-].[Cl-]. The number of carbonyl (C=O) groups is 6. The van der Waals surface area contributed by atoms with Gasteiger partial charge in [0, 0.05) is 27.2 Å². The smallest absolute Gasteiger partial charge is 0.362 e. The molecular weight excluding hydrogens is 1020 g/mol. The van der Waals surface area contributed by atoms with Crippen LogP contribution in [0.2, 0.25) is 0 Å². The summed E-state index contributed by atoms with van der Waals surface area (Å²) in [5, 5.41) is 21.4. The molecule has 0 aromatic carbocycles. The lowest BCUT2D eigenvalue weighted by Crippen LogP contribution is -3.00. The van der Waals surface area contributed by atoms with Crippen molar-refractivity contribution in [1.29, 1.82) is 0 Å². The van der Waals surface area contributed by atoms with Crippen LogP contribution >= 0.6 is 0 Å². The zero-order valence-corrected chi connectivity index (χ0v) is 49.2. The lowest BCUT2D eigenvalue weighted by atomic mass is 10.0. The Kier molecular flexibility index (Phi) is 60.9. The number of hydrogen-bond donors (Lipinski definition) is 2. The van der Waals surface area contributed by atoms with Crippen LogP contribution in [0.4, 0.5) is 0 Å². The summed E-state index contributed by atoms with van der Waals surface area (Å²) in [5.41, 5.74) is 0. The summed E-state index contributed by atoms with van der Waals surface area (Å²) in [6.07, 6.45) is 28.7. The standard InChI is InChI=1S/C30H54NO9.C26H50NO5.2CH4.2ClH/c1-6-7-14-18-28(40-30(36)24-31(4,5)20-21-37-25(2)32)27(34)17-15-12-10-8-9-11-13-16-19-29(35)39-23-22-38-26(3)33;1-6-8-10-11-12-13-14-15-17-18-24(29)25(19-16-9-7-2)32-26(30)22-27(4,5)20-21-31-23(3)28;;;;/h12,15,27-28,34H,6-11,13-14,16-24H2,1-5H3;15,17,24-25,29H,6-14,16,18-22H2,1-5H3;2*1H4;2*1H/q2*+1;;;;/p-2/b15-12-;17-15-;;;;. The first kappa shape index (κ1) is 84.0. The van der Waals surface area contributed by atoms with Crippen LogP contribution in [-0.4, -0.2) is 160 Å². The molecule has 452 valence electrons. The van der Waals surface area contributed by atoms with Crippen molar-refractivity contribution in [2.24, 2.45) is 0 Å². The largest absolute Gasteiger partial charge is 1.00 e. The number of nitrogens with zero attached hydrogens (tertiary/aromatic N) is 2. The van der Waals surface area contributed by atoms with Gasteiger partial charge in [0.2, 0.25) is 0 Å². The van der Waals surface area contributed by atoms with Crippen molar-refractivity contribution < 1.29 is 101 Å². The van der Waals surface area contributed by atoms with Gasteiger partial charge in [-0.3, -0.25) is 19.2 Å². The van der Waals surface area contributed by atoms with Crippen molar-refractivity contribution in [3.05, 3.63) is 24.3 Å². The maximum absolute atomic E-state index is 12.6. The molecule has 0 heterocycles. The van der Waals surface area contributed by atoms with Gasteiger partial charge in [0.05, 0.1) is 40.4 Å². The third kappa shape index (κ3) is 56.9. The fourth-order valence-electron chi connectivity index (χ4n) is 7.52. The molecule has 0 spiro atoms. The van der Waals surface area contributed by atoms with Gasteiger partial charge in [-0.2, -0.15) is 0 Å². The Labute approximate surface area is 475 Å². The maximum Gasteiger partial charge on any atom is 0.362 e. The molecule has 0 saturated carbocycles. The molecule has 0 aliphatic heterocycles. The Bertz CT molecular complexity index is 1500. The van der Waals surface area contributed by atoms with E-state index in [1.807, 2.05) is 40.3 Å². The van der Waals surface area contributed by atoms with Crippen molar-refractivity contribution in [2.45, 2.75) is 235 Å². The molecule has 16 nitrogen and oxygen atoms in total. The van der Waals surface area contributed by atoms with Gasteiger partial charge in [-0.15, -0.1) is 0 Å². The van der Waals surface area contributed by atoms with Crippen LogP contribution in [-0.2, 0) is 57.2 Å². The quantitative estimate of drug-likeness (QED) is 0.0280. The van der Waals surface area contributed by atoms with Crippen LogP contribution in [0.5, 0.6) is 0 Å². The van der Waals surface area contributed by atoms with E-state index in [2.05, 4.69) is 32.9 Å². The summed E-state index contributed by atoms with van der Waals surface area (Å²) in [7, 11) is 7.55. The molecule has 76 heavy (non-hydrogen) atoms. The van der Waals surface area contributed by atoms with Crippen molar-refractivity contribution in [3.8, 4) is 0 Å². The molecule has 0 amide bonds. The molecule has 0 radical (unpaired) electrons. The second-order valence-electron chi connectivity index (χ2n) is 20.3. The molecular formula is C58H112Cl2N2O14. The van der Waals surface area contributed by atoms with E-state index in [0.29, 0.717) is 54.2 Å². The predicted octanol–water partition coefficient (Wildman–Crippen LogP) is 4.72. The molecule has 0 fully saturated rings. The number of allylic oxidation sites excluding steroid dienone is 2. The molecule has 0 aliphatic carbocycles. The van der Waals surface area contributed by atoms with Gasteiger partial charge in [-0.1, -0.05) is 137 Å². The second kappa shape index (κ2) is 55.1. The molecule has 18 heteroatoms. The predicted molar refractivity (Wildman–Crippen MR) is 296 cm³/mol. The third-order valence-electron chi connectivity index (χ3n) is 11.9. The number of quaternary nitrogens is 2. The minimum Gasteiger partial charge on any atom is -1.00 e. The van der Waals surface area contributed by atoms with E-state index in [4.69, 9.17) is 28.4 Å². The Morgan fingerprint density at radius 1 is 0.434 bits per heavy atom. The van der Waals surface area contributed by atoms with Crippen LogP contribution in [0.3, 0.4) is 0 Å². The van der Waals surface area contributed by atoms with Gasteiger partial charge >= 0.3 is 35.8 Å². The Balaban J connectivity index is -0.000000313. The topological polar surface area (TPSA) is 198 Å². The van der Waals surface area contributed by atoms with E-state index in [9.17, 15) is 39.0 Å². The van der Waals surface area contributed by atoms with Crippen molar-refractivity contribution in [3.63, 3.8) is 0 Å². The number of esters is 6. The molecule has 2 N–H and O–H groups in total. The normalized spacial score (nSPS) is 12.7. The highest BCUT2D eigenvalue weighted by Crippen LogP contribution is 2.18. The van der Waals surface area contributed by atoms with Crippen molar-refractivity contribution in [1.82, 2.24) is 0 Å². The molecule has 4 unspecified atom stereocenters. The lowest BCUT2D eigenvalue weighted by Gasteiger charge is -2.30. The molecule has 4 atom stereocenters. The monoisotopic (exact) mass is 1130 g/mol. The fourth-order valence-corrected chi connectivity index (χ4v) is 7.52. The summed E-state index contributed by atoms with van der Waals surface area (Å²) in [6, 6.07) is 0. The second-order valence-corrected chi connectivity index (χ2v) is 20.3. The third-order valence-corrected chi connectivity index (χ3v) is 11.9. The van der Waals surface area contributed by atoms with Crippen LogP contribution < -0.4 is 24.8 Å². The fraction of sp³-hybridized carbons (Fsp3) is 0.828. The maximum atomic E-state index is 12.6. The molecule has 0 bridgehead atoms. The first-order chi connectivity index (χ1) is 34.2. The average molecular weight is 1130 g/mol. The van der Waals surface area contributed by atoms with Gasteiger partial charge in [-0.25, -0.2) is 9.59 Å². The molecule has 0 aliphatic rings. The van der Waals surface area contributed by atoms with E-state index in [1.54, 1.807) is 0 Å².